The maximum atomic E-state index is 12.9. The van der Waals surface area contributed by atoms with Crippen molar-refractivity contribution >= 4 is 23.7 Å². The van der Waals surface area contributed by atoms with Crippen LogP contribution in [0.1, 0.15) is 46.8 Å². The van der Waals surface area contributed by atoms with Crippen LogP contribution < -0.4 is 10.6 Å². The van der Waals surface area contributed by atoms with Crippen LogP contribution in [0.5, 0.6) is 0 Å². The molecular weight excluding hydrogens is 444 g/mol. The fourth-order valence-corrected chi connectivity index (χ4v) is 4.50. The van der Waals surface area contributed by atoms with E-state index in [2.05, 4.69) is 22.8 Å². The highest BCUT2D eigenvalue weighted by molar-refractivity contribution is 5.97. The zero-order valence-electron chi connectivity index (χ0n) is 19.9. The van der Waals surface area contributed by atoms with Crippen LogP contribution in [-0.2, 0) is 9.53 Å². The second kappa shape index (κ2) is 10.0. The molecular formula is C28H28N2O5. The van der Waals surface area contributed by atoms with Crippen LogP contribution in [0.25, 0.3) is 11.1 Å². The first-order chi connectivity index (χ1) is 16.8. The van der Waals surface area contributed by atoms with Gasteiger partial charge in [-0.1, -0.05) is 62.4 Å². The quantitative estimate of drug-likeness (QED) is 0.439. The molecule has 4 rings (SSSR count). The lowest BCUT2D eigenvalue weighted by Crippen LogP contribution is -2.47. The number of fused-ring (bicyclic) bond motifs is 3. The van der Waals surface area contributed by atoms with E-state index in [9.17, 15) is 19.5 Å². The number of aromatic carboxylic acids is 1. The number of hydrogen-bond donors (Lipinski definition) is 3. The Labute approximate surface area is 204 Å². The van der Waals surface area contributed by atoms with Crippen LogP contribution in [-0.4, -0.2) is 35.7 Å². The molecule has 3 N–H and O–H groups in total. The third-order valence-corrected chi connectivity index (χ3v) is 6.29. The second-order valence-electron chi connectivity index (χ2n) is 9.02. The Balaban J connectivity index is 1.41. The van der Waals surface area contributed by atoms with Gasteiger partial charge < -0.3 is 20.5 Å². The number of carboxylic acid groups (broad SMARTS) is 1. The summed E-state index contributed by atoms with van der Waals surface area (Å²) in [6.45, 7) is 5.47. The summed E-state index contributed by atoms with van der Waals surface area (Å²) in [7, 11) is 0. The molecule has 0 aromatic heterocycles. The van der Waals surface area contributed by atoms with Gasteiger partial charge in [-0.05, 0) is 58.9 Å². The number of rotatable bonds is 7. The van der Waals surface area contributed by atoms with E-state index in [1.54, 1.807) is 13.0 Å². The van der Waals surface area contributed by atoms with Crippen molar-refractivity contribution in [1.29, 1.82) is 0 Å². The van der Waals surface area contributed by atoms with Crippen LogP contribution in [0, 0.1) is 12.8 Å². The van der Waals surface area contributed by atoms with Crippen LogP contribution in [0.15, 0.2) is 66.7 Å². The Hall–Kier alpha value is -4.13. The normalized spacial score (nSPS) is 13.0. The number of amides is 2. The number of carboxylic acids is 1. The van der Waals surface area contributed by atoms with Crippen molar-refractivity contribution in [1.82, 2.24) is 5.32 Å². The van der Waals surface area contributed by atoms with Crippen molar-refractivity contribution in [2.75, 3.05) is 11.9 Å². The van der Waals surface area contributed by atoms with Gasteiger partial charge in [0.05, 0.1) is 5.56 Å². The lowest BCUT2D eigenvalue weighted by Gasteiger charge is -2.22. The number of aryl methyl sites for hydroxylation is 1. The van der Waals surface area contributed by atoms with Gasteiger partial charge in [0.1, 0.15) is 12.6 Å². The summed E-state index contributed by atoms with van der Waals surface area (Å²) in [5.41, 5.74) is 5.65. The van der Waals surface area contributed by atoms with Gasteiger partial charge in [-0.15, -0.1) is 0 Å². The molecule has 0 unspecified atom stereocenters. The van der Waals surface area contributed by atoms with E-state index < -0.39 is 24.0 Å². The van der Waals surface area contributed by atoms with E-state index in [1.165, 1.54) is 12.1 Å². The summed E-state index contributed by atoms with van der Waals surface area (Å²) >= 11 is 0. The first-order valence-electron chi connectivity index (χ1n) is 11.5. The largest absolute Gasteiger partial charge is 0.478 e. The van der Waals surface area contributed by atoms with Crippen molar-refractivity contribution < 1.29 is 24.2 Å². The predicted molar refractivity (Wildman–Crippen MR) is 134 cm³/mol. The SMILES string of the molecule is Cc1cc(NC(=O)[C@@H](NC(=O)OCC2c3ccccc3-c3ccccc32)C(C)C)ccc1C(=O)O. The van der Waals surface area contributed by atoms with Crippen LogP contribution in [0.4, 0.5) is 10.5 Å². The minimum Gasteiger partial charge on any atom is -0.478 e. The van der Waals surface area contributed by atoms with Gasteiger partial charge in [0, 0.05) is 11.6 Å². The molecule has 2 amide bonds. The molecule has 7 nitrogen and oxygen atoms in total. The summed E-state index contributed by atoms with van der Waals surface area (Å²) in [5, 5.41) is 14.6. The number of nitrogens with one attached hydrogen (secondary N) is 2. The summed E-state index contributed by atoms with van der Waals surface area (Å²) in [5.74, 6) is -1.71. The lowest BCUT2D eigenvalue weighted by atomic mass is 9.98. The highest BCUT2D eigenvalue weighted by Gasteiger charge is 2.30. The maximum absolute atomic E-state index is 12.9. The number of carbonyl (C=O) groups excluding carboxylic acids is 2. The van der Waals surface area contributed by atoms with Crippen LogP contribution >= 0.6 is 0 Å². The molecule has 180 valence electrons. The van der Waals surface area contributed by atoms with Crippen molar-refractivity contribution in [3.05, 3.63) is 89.0 Å². The third kappa shape index (κ3) is 5.04. The Morgan fingerprint density at radius 1 is 0.943 bits per heavy atom. The van der Waals surface area contributed by atoms with Crippen molar-refractivity contribution in [3.63, 3.8) is 0 Å². The molecule has 0 heterocycles. The van der Waals surface area contributed by atoms with E-state index in [1.807, 2.05) is 50.2 Å². The summed E-state index contributed by atoms with van der Waals surface area (Å²) in [6, 6.07) is 19.9. The molecule has 0 aliphatic heterocycles. The summed E-state index contributed by atoms with van der Waals surface area (Å²) in [6.07, 6.45) is -0.668. The molecule has 7 heteroatoms. The number of alkyl carbamates (subject to hydrolysis) is 1. The molecule has 3 aromatic carbocycles. The van der Waals surface area contributed by atoms with Crippen molar-refractivity contribution in [2.45, 2.75) is 32.7 Å². The molecule has 3 aromatic rings. The topological polar surface area (TPSA) is 105 Å². The van der Waals surface area contributed by atoms with Gasteiger partial charge in [-0.2, -0.15) is 0 Å². The molecule has 0 saturated heterocycles. The Bertz CT molecular complexity index is 1240. The molecule has 1 aliphatic rings. The van der Waals surface area contributed by atoms with E-state index >= 15 is 0 Å². The van der Waals surface area contributed by atoms with Gasteiger partial charge >= 0.3 is 12.1 Å². The Morgan fingerprint density at radius 2 is 1.54 bits per heavy atom. The smallest absolute Gasteiger partial charge is 0.407 e. The number of anilines is 1. The molecule has 0 fully saturated rings. The second-order valence-corrected chi connectivity index (χ2v) is 9.02. The zero-order valence-corrected chi connectivity index (χ0v) is 19.9. The number of benzene rings is 3. The van der Waals surface area contributed by atoms with Crippen LogP contribution in [0.2, 0.25) is 0 Å². The number of carbonyl (C=O) groups is 3. The highest BCUT2D eigenvalue weighted by Crippen LogP contribution is 2.44. The monoisotopic (exact) mass is 472 g/mol. The van der Waals surface area contributed by atoms with E-state index in [0.717, 1.165) is 22.3 Å². The zero-order chi connectivity index (χ0) is 25.1. The minimum atomic E-state index is -1.03. The van der Waals surface area contributed by atoms with Gasteiger partial charge in [0.25, 0.3) is 0 Å². The number of ether oxygens (including phenoxy) is 1. The van der Waals surface area contributed by atoms with Crippen molar-refractivity contribution in [2.24, 2.45) is 5.92 Å². The summed E-state index contributed by atoms with van der Waals surface area (Å²) in [4.78, 5) is 36.8. The number of hydrogen-bond acceptors (Lipinski definition) is 4. The molecule has 0 bridgehead atoms. The summed E-state index contributed by atoms with van der Waals surface area (Å²) < 4.78 is 5.59. The van der Waals surface area contributed by atoms with E-state index in [-0.39, 0.29) is 24.0 Å². The van der Waals surface area contributed by atoms with Gasteiger partial charge in [0.15, 0.2) is 0 Å². The lowest BCUT2D eigenvalue weighted by molar-refractivity contribution is -0.119. The molecule has 35 heavy (non-hydrogen) atoms. The average Bonchev–Trinajstić information content (AvgIpc) is 3.14. The highest BCUT2D eigenvalue weighted by atomic mass is 16.5. The fraction of sp³-hybridized carbons (Fsp3) is 0.250. The standard InChI is InChI=1S/C28H28N2O5/c1-16(2)25(26(31)29-18-12-13-19(27(32)33)17(3)14-18)30-28(34)35-15-24-22-10-6-4-8-20(22)21-9-5-7-11-23(21)24/h4-14,16,24-25H,15H2,1-3H3,(H,29,31)(H,30,34)(H,32,33)/t25-/m0/s1. The van der Waals surface area contributed by atoms with Crippen LogP contribution in [0.3, 0.4) is 0 Å². The molecule has 0 radical (unpaired) electrons. The van der Waals surface area contributed by atoms with E-state index in [4.69, 9.17) is 4.74 Å². The van der Waals surface area contributed by atoms with E-state index in [0.29, 0.717) is 11.3 Å². The Kier molecular flexibility index (Phi) is 6.87. The maximum Gasteiger partial charge on any atom is 0.407 e. The predicted octanol–water partition coefficient (Wildman–Crippen LogP) is 5.20. The van der Waals surface area contributed by atoms with Gasteiger partial charge in [-0.25, -0.2) is 9.59 Å². The fourth-order valence-electron chi connectivity index (χ4n) is 4.50. The van der Waals surface area contributed by atoms with Gasteiger partial charge in [-0.3, -0.25) is 4.79 Å². The molecule has 0 saturated carbocycles. The molecule has 1 aliphatic carbocycles. The van der Waals surface area contributed by atoms with Gasteiger partial charge in [0.2, 0.25) is 5.91 Å². The first kappa shape index (κ1) is 24.0. The molecule has 0 spiro atoms. The average molecular weight is 473 g/mol. The third-order valence-electron chi connectivity index (χ3n) is 6.29. The molecule has 1 atom stereocenters. The van der Waals surface area contributed by atoms with Crippen molar-refractivity contribution in [3.8, 4) is 11.1 Å². The minimum absolute atomic E-state index is 0.0739. The first-order valence-corrected chi connectivity index (χ1v) is 11.5. The Morgan fingerprint density at radius 3 is 2.09 bits per heavy atom.